The molecule has 1 atom stereocenters. The molecule has 0 aliphatic carbocycles. The summed E-state index contributed by atoms with van der Waals surface area (Å²) in [7, 11) is 0. The van der Waals surface area contributed by atoms with Crippen molar-refractivity contribution in [3.05, 3.63) is 28.2 Å². The molecule has 0 radical (unpaired) electrons. The first-order valence-corrected chi connectivity index (χ1v) is 6.92. The van der Waals surface area contributed by atoms with E-state index in [4.69, 9.17) is 11.2 Å². The van der Waals surface area contributed by atoms with E-state index >= 15 is 0 Å². The van der Waals surface area contributed by atoms with Crippen LogP contribution in [0.1, 0.15) is 26.3 Å². The average molecular weight is 310 g/mol. The molecule has 2 nitrogen and oxygen atoms in total. The first-order valence-electron chi connectivity index (χ1n) is 6.12. The maximum absolute atomic E-state index is 5.54. The number of nitrogens with one attached hydrogen (secondary N) is 1. The Hall–Kier alpha value is -0.980. The van der Waals surface area contributed by atoms with Crippen molar-refractivity contribution < 1.29 is 4.74 Å². The van der Waals surface area contributed by atoms with Gasteiger partial charge in [0, 0.05) is 22.6 Å². The third kappa shape index (κ3) is 4.72. The molecular weight excluding hydrogens is 290 g/mol. The first kappa shape index (κ1) is 15.1. The van der Waals surface area contributed by atoms with Gasteiger partial charge in [0.2, 0.25) is 0 Å². The van der Waals surface area contributed by atoms with Crippen LogP contribution in [0.4, 0.5) is 0 Å². The fraction of sp³-hybridized carbons (Fsp3) is 0.467. The second kappa shape index (κ2) is 7.45. The van der Waals surface area contributed by atoms with Crippen LogP contribution in [0.15, 0.2) is 22.7 Å². The monoisotopic (exact) mass is 309 g/mol. The number of hydrogen-bond acceptors (Lipinski definition) is 2. The summed E-state index contributed by atoms with van der Waals surface area (Å²) in [5.41, 5.74) is 1.12. The Morgan fingerprint density at radius 2 is 2.11 bits per heavy atom. The fourth-order valence-corrected chi connectivity index (χ4v) is 1.86. The zero-order valence-corrected chi connectivity index (χ0v) is 12.8. The summed E-state index contributed by atoms with van der Waals surface area (Å²) in [6.45, 7) is 7.67. The number of ether oxygens (including phenoxy) is 1. The molecule has 1 rings (SSSR count). The van der Waals surface area contributed by atoms with Gasteiger partial charge in [-0.2, -0.15) is 0 Å². The van der Waals surface area contributed by atoms with E-state index in [2.05, 4.69) is 54.0 Å². The van der Waals surface area contributed by atoms with Crippen LogP contribution < -0.4 is 10.1 Å². The van der Waals surface area contributed by atoms with Crippen LogP contribution in [0.25, 0.3) is 0 Å². The molecule has 18 heavy (non-hydrogen) atoms. The summed E-state index contributed by atoms with van der Waals surface area (Å²) in [5, 5.41) is 3.49. The highest BCUT2D eigenvalue weighted by atomic mass is 79.9. The average Bonchev–Trinajstić information content (AvgIpc) is 2.34. The van der Waals surface area contributed by atoms with Gasteiger partial charge in [-0.3, -0.25) is 0 Å². The quantitative estimate of drug-likeness (QED) is 0.811. The van der Waals surface area contributed by atoms with Crippen LogP contribution >= 0.6 is 15.9 Å². The van der Waals surface area contributed by atoms with E-state index in [1.807, 2.05) is 12.1 Å². The van der Waals surface area contributed by atoms with Crippen molar-refractivity contribution in [2.75, 3.05) is 6.61 Å². The molecule has 0 fully saturated rings. The third-order valence-corrected chi connectivity index (χ3v) is 3.44. The summed E-state index contributed by atoms with van der Waals surface area (Å²) in [6.07, 6.45) is 5.22. The highest BCUT2D eigenvalue weighted by Crippen LogP contribution is 2.23. The molecule has 0 saturated heterocycles. The zero-order chi connectivity index (χ0) is 13.5. The predicted octanol–water partition coefficient (Wildman–Crippen LogP) is 3.60. The Kier molecular flexibility index (Phi) is 6.24. The van der Waals surface area contributed by atoms with Gasteiger partial charge in [0.05, 0.1) is 0 Å². The largest absolute Gasteiger partial charge is 0.481 e. The van der Waals surface area contributed by atoms with Crippen molar-refractivity contribution >= 4 is 15.9 Å². The molecule has 0 aromatic heterocycles. The lowest BCUT2D eigenvalue weighted by Gasteiger charge is -2.18. The standard InChI is InChI=1S/C15H20BrNO/c1-5-8-18-15-7-6-14(16)9-13(15)10-17-12(4)11(2)3/h1,6-7,9,11-12,17H,8,10H2,2-4H3. The van der Waals surface area contributed by atoms with Gasteiger partial charge >= 0.3 is 0 Å². The Balaban J connectivity index is 2.73. The smallest absolute Gasteiger partial charge is 0.148 e. The lowest BCUT2D eigenvalue weighted by molar-refractivity contribution is 0.360. The minimum absolute atomic E-state index is 0.300. The second-order valence-electron chi connectivity index (χ2n) is 4.66. The van der Waals surface area contributed by atoms with E-state index in [1.165, 1.54) is 0 Å². The number of hydrogen-bond donors (Lipinski definition) is 1. The molecule has 0 heterocycles. The molecule has 98 valence electrons. The van der Waals surface area contributed by atoms with Crippen LogP contribution in [0, 0.1) is 18.3 Å². The summed E-state index contributed by atoms with van der Waals surface area (Å²) >= 11 is 3.48. The van der Waals surface area contributed by atoms with Gasteiger partial charge in [-0.25, -0.2) is 0 Å². The van der Waals surface area contributed by atoms with Crippen molar-refractivity contribution in [1.82, 2.24) is 5.32 Å². The van der Waals surface area contributed by atoms with Gasteiger partial charge < -0.3 is 10.1 Å². The zero-order valence-electron chi connectivity index (χ0n) is 11.2. The number of terminal acetylenes is 1. The minimum Gasteiger partial charge on any atom is -0.481 e. The van der Waals surface area contributed by atoms with Gasteiger partial charge in [-0.1, -0.05) is 35.7 Å². The van der Waals surface area contributed by atoms with Gasteiger partial charge in [0.1, 0.15) is 12.4 Å². The van der Waals surface area contributed by atoms with Crippen LogP contribution in [-0.4, -0.2) is 12.6 Å². The van der Waals surface area contributed by atoms with Gasteiger partial charge in [0.15, 0.2) is 0 Å². The molecule has 0 bridgehead atoms. The van der Waals surface area contributed by atoms with E-state index in [1.54, 1.807) is 0 Å². The normalized spacial score (nSPS) is 12.2. The second-order valence-corrected chi connectivity index (χ2v) is 5.57. The van der Waals surface area contributed by atoms with Gasteiger partial charge in [-0.15, -0.1) is 6.42 Å². The molecule has 1 unspecified atom stereocenters. The fourth-order valence-electron chi connectivity index (χ4n) is 1.45. The highest BCUT2D eigenvalue weighted by Gasteiger charge is 2.09. The molecule has 0 saturated carbocycles. The molecule has 1 aromatic rings. The van der Waals surface area contributed by atoms with E-state index in [0.717, 1.165) is 22.3 Å². The van der Waals surface area contributed by atoms with E-state index in [0.29, 0.717) is 18.6 Å². The molecule has 0 amide bonds. The molecule has 1 aromatic carbocycles. The van der Waals surface area contributed by atoms with Gasteiger partial charge in [-0.05, 0) is 31.0 Å². The Bertz CT molecular complexity index is 423. The van der Waals surface area contributed by atoms with Gasteiger partial charge in [0.25, 0.3) is 0 Å². The van der Waals surface area contributed by atoms with Crippen molar-refractivity contribution in [3.63, 3.8) is 0 Å². The first-order chi connectivity index (χ1) is 8.54. The summed E-state index contributed by atoms with van der Waals surface area (Å²) in [6, 6.07) is 6.43. The van der Waals surface area contributed by atoms with Crippen molar-refractivity contribution in [2.45, 2.75) is 33.4 Å². The topological polar surface area (TPSA) is 21.3 Å². The molecule has 0 spiro atoms. The molecular formula is C15H20BrNO. The Morgan fingerprint density at radius 1 is 1.39 bits per heavy atom. The SMILES string of the molecule is C#CCOc1ccc(Br)cc1CNC(C)C(C)C. The third-order valence-electron chi connectivity index (χ3n) is 2.95. The van der Waals surface area contributed by atoms with Crippen LogP contribution in [0.3, 0.4) is 0 Å². The highest BCUT2D eigenvalue weighted by molar-refractivity contribution is 9.10. The summed E-state index contributed by atoms with van der Waals surface area (Å²) in [5.74, 6) is 3.94. The predicted molar refractivity (Wildman–Crippen MR) is 79.6 cm³/mol. The van der Waals surface area contributed by atoms with E-state index < -0.39 is 0 Å². The maximum Gasteiger partial charge on any atom is 0.148 e. The minimum atomic E-state index is 0.300. The number of rotatable bonds is 6. The maximum atomic E-state index is 5.54. The molecule has 1 N–H and O–H groups in total. The van der Waals surface area contributed by atoms with Crippen molar-refractivity contribution in [2.24, 2.45) is 5.92 Å². The molecule has 3 heteroatoms. The number of halogens is 1. The Labute approximate surface area is 118 Å². The molecule has 0 aliphatic heterocycles. The number of benzene rings is 1. The van der Waals surface area contributed by atoms with Crippen LogP contribution in [0.5, 0.6) is 5.75 Å². The molecule has 0 aliphatic rings. The van der Waals surface area contributed by atoms with Crippen molar-refractivity contribution in [3.8, 4) is 18.1 Å². The lowest BCUT2D eigenvalue weighted by Crippen LogP contribution is -2.30. The lowest BCUT2D eigenvalue weighted by atomic mass is 10.1. The van der Waals surface area contributed by atoms with Crippen LogP contribution in [0.2, 0.25) is 0 Å². The van der Waals surface area contributed by atoms with E-state index in [-0.39, 0.29) is 0 Å². The summed E-state index contributed by atoms with van der Waals surface area (Å²) < 4.78 is 6.58. The summed E-state index contributed by atoms with van der Waals surface area (Å²) in [4.78, 5) is 0. The Morgan fingerprint density at radius 3 is 2.72 bits per heavy atom. The van der Waals surface area contributed by atoms with Crippen LogP contribution in [-0.2, 0) is 6.54 Å². The van der Waals surface area contributed by atoms with E-state index in [9.17, 15) is 0 Å². The van der Waals surface area contributed by atoms with Crippen molar-refractivity contribution in [1.29, 1.82) is 0 Å².